The van der Waals surface area contributed by atoms with Crippen LogP contribution in [-0.2, 0) is 0 Å². The van der Waals surface area contributed by atoms with E-state index in [9.17, 15) is 0 Å². The summed E-state index contributed by atoms with van der Waals surface area (Å²) in [5.74, 6) is 1.09. The molecular weight excluding hydrogens is 260 g/mol. The second-order valence-corrected chi connectivity index (χ2v) is 6.53. The number of hydrogen-bond donors (Lipinski definition) is 1. The normalized spacial score (nSPS) is 25.3. The van der Waals surface area contributed by atoms with Gasteiger partial charge in [-0.25, -0.2) is 0 Å². The lowest BCUT2D eigenvalue weighted by Crippen LogP contribution is -2.46. The van der Waals surface area contributed by atoms with Crippen molar-refractivity contribution in [3.05, 3.63) is 35.6 Å². The molecule has 0 bridgehead atoms. The monoisotopic (exact) mass is 286 g/mol. The summed E-state index contributed by atoms with van der Waals surface area (Å²) in [5.41, 5.74) is 2.27. The smallest absolute Gasteiger partial charge is 0.134 e. The number of rotatable bonds is 3. The second-order valence-electron chi connectivity index (χ2n) is 6.53. The lowest BCUT2D eigenvalue weighted by molar-refractivity contribution is 0.161. The number of fused-ring (bicyclic) bond motifs is 1. The quantitative estimate of drug-likeness (QED) is 0.928. The van der Waals surface area contributed by atoms with E-state index in [-0.39, 0.29) is 6.04 Å². The van der Waals surface area contributed by atoms with Crippen LogP contribution in [0.25, 0.3) is 11.0 Å². The molecule has 21 heavy (non-hydrogen) atoms. The average molecular weight is 286 g/mol. The summed E-state index contributed by atoms with van der Waals surface area (Å²) < 4.78 is 6.08. The first-order valence-electron chi connectivity index (χ1n) is 8.00. The third-order valence-corrected chi connectivity index (χ3v) is 4.97. The molecule has 1 N–H and O–H groups in total. The van der Waals surface area contributed by atoms with Crippen molar-refractivity contribution < 1.29 is 4.42 Å². The topological polar surface area (TPSA) is 28.4 Å². The molecule has 1 aromatic heterocycles. The Hall–Kier alpha value is -1.32. The first-order chi connectivity index (χ1) is 10.1. The van der Waals surface area contributed by atoms with Crippen molar-refractivity contribution in [1.29, 1.82) is 0 Å². The lowest BCUT2D eigenvalue weighted by Gasteiger charge is -2.36. The summed E-state index contributed by atoms with van der Waals surface area (Å²) in [5, 5.41) is 5.00. The number of aryl methyl sites for hydroxylation is 1. The maximum Gasteiger partial charge on any atom is 0.134 e. The summed E-state index contributed by atoms with van der Waals surface area (Å²) >= 11 is 0. The van der Waals surface area contributed by atoms with Gasteiger partial charge in [0.05, 0.1) is 6.04 Å². The van der Waals surface area contributed by atoms with Gasteiger partial charge in [0.1, 0.15) is 11.3 Å². The minimum atomic E-state index is 0.262. The maximum atomic E-state index is 6.08. The van der Waals surface area contributed by atoms with Gasteiger partial charge in [0.25, 0.3) is 0 Å². The van der Waals surface area contributed by atoms with Gasteiger partial charge in [-0.1, -0.05) is 18.2 Å². The molecule has 1 aliphatic rings. The highest BCUT2D eigenvalue weighted by Crippen LogP contribution is 2.30. The van der Waals surface area contributed by atoms with Crippen molar-refractivity contribution in [1.82, 2.24) is 10.2 Å². The Morgan fingerprint density at radius 3 is 2.81 bits per heavy atom. The van der Waals surface area contributed by atoms with Crippen LogP contribution in [0.15, 0.2) is 28.7 Å². The van der Waals surface area contributed by atoms with Gasteiger partial charge in [-0.05, 0) is 58.8 Å². The van der Waals surface area contributed by atoms with Gasteiger partial charge in [0, 0.05) is 17.5 Å². The van der Waals surface area contributed by atoms with Crippen molar-refractivity contribution in [3.63, 3.8) is 0 Å². The fraction of sp³-hybridized carbons (Fsp3) is 0.556. The first-order valence-corrected chi connectivity index (χ1v) is 8.00. The summed E-state index contributed by atoms with van der Waals surface area (Å²) in [7, 11) is 2.22. The van der Waals surface area contributed by atoms with Crippen molar-refractivity contribution >= 4 is 11.0 Å². The summed E-state index contributed by atoms with van der Waals surface area (Å²) in [6.07, 6.45) is 2.42. The molecule has 1 fully saturated rings. The predicted molar refractivity (Wildman–Crippen MR) is 87.6 cm³/mol. The molecule has 0 amide bonds. The SMILES string of the molecule is Cc1c(C(C)NC2CCN(C)C(C)C2)oc2ccccc12. The number of furan rings is 1. The van der Waals surface area contributed by atoms with Crippen LogP contribution in [0.1, 0.15) is 44.1 Å². The highest BCUT2D eigenvalue weighted by atomic mass is 16.3. The van der Waals surface area contributed by atoms with E-state index in [1.165, 1.54) is 30.3 Å². The Bertz CT molecular complexity index is 619. The molecule has 2 heterocycles. The zero-order chi connectivity index (χ0) is 15.0. The fourth-order valence-corrected chi connectivity index (χ4v) is 3.48. The van der Waals surface area contributed by atoms with Crippen LogP contribution in [0.3, 0.4) is 0 Å². The van der Waals surface area contributed by atoms with Crippen molar-refractivity contribution in [2.24, 2.45) is 0 Å². The van der Waals surface area contributed by atoms with Crippen LogP contribution in [0.5, 0.6) is 0 Å². The van der Waals surface area contributed by atoms with Crippen molar-refractivity contribution in [2.75, 3.05) is 13.6 Å². The standard InChI is InChI=1S/C18H26N2O/c1-12-11-15(9-10-20(12)4)19-14(3)18-13(2)16-7-5-6-8-17(16)21-18/h5-8,12,14-15,19H,9-11H2,1-4H3. The Morgan fingerprint density at radius 2 is 2.10 bits per heavy atom. The Morgan fingerprint density at radius 1 is 1.33 bits per heavy atom. The summed E-state index contributed by atoms with van der Waals surface area (Å²) in [6, 6.07) is 9.80. The van der Waals surface area contributed by atoms with Crippen LogP contribution in [0.2, 0.25) is 0 Å². The highest BCUT2D eigenvalue weighted by Gasteiger charge is 2.25. The molecule has 0 spiro atoms. The number of para-hydroxylation sites is 1. The van der Waals surface area contributed by atoms with Crippen LogP contribution in [0, 0.1) is 6.92 Å². The molecular formula is C18H26N2O. The third-order valence-electron chi connectivity index (χ3n) is 4.97. The van der Waals surface area contributed by atoms with Crippen LogP contribution < -0.4 is 5.32 Å². The summed E-state index contributed by atoms with van der Waals surface area (Å²) in [4.78, 5) is 2.44. The molecule has 3 nitrogen and oxygen atoms in total. The van der Waals surface area contributed by atoms with Crippen LogP contribution in [-0.4, -0.2) is 30.6 Å². The molecule has 2 aromatic rings. The fourth-order valence-electron chi connectivity index (χ4n) is 3.48. The number of benzene rings is 1. The zero-order valence-corrected chi connectivity index (χ0v) is 13.5. The van der Waals surface area contributed by atoms with Gasteiger partial charge in [-0.15, -0.1) is 0 Å². The average Bonchev–Trinajstić information content (AvgIpc) is 2.81. The minimum absolute atomic E-state index is 0.262. The molecule has 0 aliphatic carbocycles. The van der Waals surface area contributed by atoms with E-state index in [4.69, 9.17) is 4.42 Å². The predicted octanol–water partition coefficient (Wildman–Crippen LogP) is 3.87. The van der Waals surface area contributed by atoms with E-state index in [1.54, 1.807) is 0 Å². The van der Waals surface area contributed by atoms with Crippen LogP contribution >= 0.6 is 0 Å². The van der Waals surface area contributed by atoms with Crippen molar-refractivity contribution in [3.8, 4) is 0 Å². The highest BCUT2D eigenvalue weighted by molar-refractivity contribution is 5.82. The van der Waals surface area contributed by atoms with E-state index in [0.717, 1.165) is 11.3 Å². The molecule has 1 aliphatic heterocycles. The largest absolute Gasteiger partial charge is 0.459 e. The molecule has 114 valence electrons. The molecule has 3 rings (SSSR count). The van der Waals surface area contributed by atoms with E-state index < -0.39 is 0 Å². The third kappa shape index (κ3) is 2.85. The Balaban J connectivity index is 1.75. The number of nitrogens with one attached hydrogen (secondary N) is 1. The van der Waals surface area contributed by atoms with E-state index in [0.29, 0.717) is 12.1 Å². The number of piperidine rings is 1. The first kappa shape index (κ1) is 14.6. The van der Waals surface area contributed by atoms with Crippen LogP contribution in [0.4, 0.5) is 0 Å². The van der Waals surface area contributed by atoms with E-state index in [1.807, 2.05) is 6.07 Å². The second kappa shape index (κ2) is 5.82. The number of likely N-dealkylation sites (tertiary alicyclic amines) is 1. The van der Waals surface area contributed by atoms with Gasteiger partial charge < -0.3 is 14.6 Å². The van der Waals surface area contributed by atoms with Gasteiger partial charge in [0.15, 0.2) is 0 Å². The molecule has 1 aromatic carbocycles. The molecule has 3 unspecified atom stereocenters. The maximum absolute atomic E-state index is 6.08. The minimum Gasteiger partial charge on any atom is -0.459 e. The van der Waals surface area contributed by atoms with Gasteiger partial charge in [-0.2, -0.15) is 0 Å². The molecule has 0 radical (unpaired) electrons. The molecule has 3 atom stereocenters. The Kier molecular flexibility index (Phi) is 4.05. The van der Waals surface area contributed by atoms with Crippen molar-refractivity contribution in [2.45, 2.75) is 51.7 Å². The lowest BCUT2D eigenvalue weighted by atomic mass is 9.97. The molecule has 0 saturated carbocycles. The number of nitrogens with zero attached hydrogens (tertiary/aromatic N) is 1. The number of hydrogen-bond acceptors (Lipinski definition) is 3. The molecule has 3 heteroatoms. The van der Waals surface area contributed by atoms with Gasteiger partial charge >= 0.3 is 0 Å². The summed E-state index contributed by atoms with van der Waals surface area (Å²) in [6.45, 7) is 7.86. The van der Waals surface area contributed by atoms with E-state index >= 15 is 0 Å². The zero-order valence-electron chi connectivity index (χ0n) is 13.5. The van der Waals surface area contributed by atoms with Gasteiger partial charge in [-0.3, -0.25) is 0 Å². The Labute approximate surface area is 127 Å². The van der Waals surface area contributed by atoms with Gasteiger partial charge in [0.2, 0.25) is 0 Å². The van der Waals surface area contributed by atoms with E-state index in [2.05, 4.69) is 56.2 Å². The molecule has 1 saturated heterocycles.